The van der Waals surface area contributed by atoms with E-state index in [4.69, 9.17) is 11.6 Å². The number of anilines is 1. The third kappa shape index (κ3) is 3.75. The van der Waals surface area contributed by atoms with Crippen molar-refractivity contribution in [2.45, 2.75) is 13.3 Å². The fourth-order valence-corrected chi connectivity index (χ4v) is 3.46. The van der Waals surface area contributed by atoms with Gasteiger partial charge < -0.3 is 10.4 Å². The van der Waals surface area contributed by atoms with Gasteiger partial charge in [0.05, 0.1) is 16.4 Å². The molecule has 0 radical (unpaired) electrons. The fourth-order valence-electron chi connectivity index (χ4n) is 2.30. The van der Waals surface area contributed by atoms with Gasteiger partial charge in [-0.2, -0.15) is 0 Å². The number of amides is 1. The maximum absolute atomic E-state index is 12.5. The highest BCUT2D eigenvalue weighted by Gasteiger charge is 2.17. The Hall–Kier alpha value is -2.37. The average Bonchev–Trinajstić information content (AvgIpc) is 2.92. The molecule has 2 N–H and O–H groups in total. The number of rotatable bonds is 4. The zero-order chi connectivity index (χ0) is 17.1. The van der Waals surface area contributed by atoms with E-state index in [-0.39, 0.29) is 17.3 Å². The Bertz CT molecular complexity index is 878. The number of carbonyl (C=O) groups is 1. The van der Waals surface area contributed by atoms with E-state index in [1.807, 2.05) is 30.3 Å². The molecule has 1 heterocycles. The summed E-state index contributed by atoms with van der Waals surface area (Å²) in [6, 6.07) is 14.5. The zero-order valence-corrected chi connectivity index (χ0v) is 14.5. The molecule has 0 aliphatic rings. The number of benzene rings is 2. The number of phenols is 1. The van der Waals surface area contributed by atoms with Gasteiger partial charge in [0.2, 0.25) is 0 Å². The quantitative estimate of drug-likeness (QED) is 0.667. The van der Waals surface area contributed by atoms with Gasteiger partial charge in [0.15, 0.2) is 0 Å². The molecule has 0 bridgehead atoms. The lowest BCUT2D eigenvalue weighted by Gasteiger charge is -2.06. The highest BCUT2D eigenvalue weighted by Crippen LogP contribution is 2.28. The molecule has 2 aromatic carbocycles. The summed E-state index contributed by atoms with van der Waals surface area (Å²) in [4.78, 5) is 17.5. The van der Waals surface area contributed by atoms with E-state index in [1.165, 1.54) is 23.5 Å². The second-order valence-electron chi connectivity index (χ2n) is 5.30. The zero-order valence-electron chi connectivity index (χ0n) is 12.9. The van der Waals surface area contributed by atoms with Crippen LogP contribution in [-0.2, 0) is 6.42 Å². The van der Waals surface area contributed by atoms with Gasteiger partial charge in [-0.05, 0) is 30.7 Å². The minimum Gasteiger partial charge on any atom is -0.506 e. The Kier molecular flexibility index (Phi) is 4.83. The number of hydrogen-bond donors (Lipinski definition) is 2. The third-order valence-electron chi connectivity index (χ3n) is 3.45. The second kappa shape index (κ2) is 7.03. The summed E-state index contributed by atoms with van der Waals surface area (Å²) in [5.41, 5.74) is 2.10. The first-order valence-electron chi connectivity index (χ1n) is 7.33. The third-order valence-corrected chi connectivity index (χ3v) is 4.84. The van der Waals surface area contributed by atoms with Gasteiger partial charge in [-0.25, -0.2) is 4.98 Å². The predicted molar refractivity (Wildman–Crippen MR) is 97.2 cm³/mol. The number of nitrogens with one attached hydrogen (secondary N) is 1. The molecule has 0 saturated heterocycles. The minimum atomic E-state index is -0.304. The number of aromatic nitrogens is 1. The van der Waals surface area contributed by atoms with Crippen LogP contribution in [0.4, 0.5) is 5.69 Å². The Morgan fingerprint density at radius 2 is 2.00 bits per heavy atom. The van der Waals surface area contributed by atoms with Crippen LogP contribution in [0.2, 0.25) is 5.02 Å². The molecule has 1 amide bonds. The van der Waals surface area contributed by atoms with Crippen LogP contribution in [0.5, 0.6) is 5.75 Å². The standard InChI is InChI=1S/C18H15ClN2O2S/c1-11-17(18(23)21-14-10-13(19)7-8-15(14)22)24-16(20-11)9-12-5-3-2-4-6-12/h2-8,10,22H,9H2,1H3,(H,21,23). The number of halogens is 1. The van der Waals surface area contributed by atoms with Crippen molar-refractivity contribution in [3.63, 3.8) is 0 Å². The maximum atomic E-state index is 12.5. The number of hydrogen-bond acceptors (Lipinski definition) is 4. The fraction of sp³-hybridized carbons (Fsp3) is 0.111. The Balaban J connectivity index is 1.79. The lowest BCUT2D eigenvalue weighted by atomic mass is 10.2. The number of thiazole rings is 1. The van der Waals surface area contributed by atoms with Crippen LogP contribution in [0, 0.1) is 6.92 Å². The number of aryl methyl sites for hydroxylation is 1. The van der Waals surface area contributed by atoms with Crippen LogP contribution in [0.15, 0.2) is 48.5 Å². The number of phenolic OH excluding ortho intramolecular Hbond substituents is 1. The van der Waals surface area contributed by atoms with Crippen molar-refractivity contribution in [2.75, 3.05) is 5.32 Å². The Morgan fingerprint density at radius 1 is 1.25 bits per heavy atom. The summed E-state index contributed by atoms with van der Waals surface area (Å²) in [7, 11) is 0. The molecule has 24 heavy (non-hydrogen) atoms. The SMILES string of the molecule is Cc1nc(Cc2ccccc2)sc1C(=O)Nc1cc(Cl)ccc1O. The lowest BCUT2D eigenvalue weighted by Crippen LogP contribution is -2.11. The normalized spacial score (nSPS) is 10.6. The molecular formula is C18H15ClN2O2S. The number of aromatic hydroxyl groups is 1. The largest absolute Gasteiger partial charge is 0.506 e. The highest BCUT2D eigenvalue weighted by atomic mass is 35.5. The summed E-state index contributed by atoms with van der Waals surface area (Å²) in [5, 5.41) is 13.8. The van der Waals surface area contributed by atoms with Crippen molar-refractivity contribution < 1.29 is 9.90 Å². The van der Waals surface area contributed by atoms with Crippen molar-refractivity contribution in [1.29, 1.82) is 0 Å². The van der Waals surface area contributed by atoms with E-state index >= 15 is 0 Å². The van der Waals surface area contributed by atoms with Crippen LogP contribution in [0.3, 0.4) is 0 Å². The molecule has 122 valence electrons. The van der Waals surface area contributed by atoms with Gasteiger partial charge in [-0.3, -0.25) is 4.79 Å². The van der Waals surface area contributed by atoms with Crippen LogP contribution >= 0.6 is 22.9 Å². The predicted octanol–water partition coefficient (Wildman–Crippen LogP) is 4.65. The van der Waals surface area contributed by atoms with Crippen LogP contribution < -0.4 is 5.32 Å². The van der Waals surface area contributed by atoms with Crippen molar-refractivity contribution in [1.82, 2.24) is 4.98 Å². The molecule has 0 atom stereocenters. The molecule has 0 aliphatic carbocycles. The van der Waals surface area contributed by atoms with E-state index in [0.717, 1.165) is 10.6 Å². The molecular weight excluding hydrogens is 344 g/mol. The molecule has 0 saturated carbocycles. The molecule has 4 nitrogen and oxygen atoms in total. The minimum absolute atomic E-state index is 0.0283. The molecule has 3 rings (SSSR count). The smallest absolute Gasteiger partial charge is 0.267 e. The highest BCUT2D eigenvalue weighted by molar-refractivity contribution is 7.14. The lowest BCUT2D eigenvalue weighted by molar-refractivity contribution is 0.102. The van der Waals surface area contributed by atoms with Crippen LogP contribution in [0.1, 0.15) is 25.9 Å². The van der Waals surface area contributed by atoms with Gasteiger partial charge in [0, 0.05) is 11.4 Å². The van der Waals surface area contributed by atoms with E-state index in [1.54, 1.807) is 13.0 Å². The Morgan fingerprint density at radius 3 is 2.75 bits per heavy atom. The van der Waals surface area contributed by atoms with E-state index in [0.29, 0.717) is 22.0 Å². The average molecular weight is 359 g/mol. The van der Waals surface area contributed by atoms with Gasteiger partial charge in [0.1, 0.15) is 10.6 Å². The van der Waals surface area contributed by atoms with Gasteiger partial charge in [-0.15, -0.1) is 11.3 Å². The van der Waals surface area contributed by atoms with Gasteiger partial charge in [-0.1, -0.05) is 41.9 Å². The first-order valence-corrected chi connectivity index (χ1v) is 8.52. The summed E-state index contributed by atoms with van der Waals surface area (Å²) >= 11 is 7.25. The summed E-state index contributed by atoms with van der Waals surface area (Å²) in [6.45, 7) is 1.80. The first kappa shape index (κ1) is 16.5. The molecule has 0 fully saturated rings. The molecule has 1 aromatic heterocycles. The molecule has 6 heteroatoms. The van der Waals surface area contributed by atoms with Crippen molar-refractivity contribution in [3.05, 3.63) is 74.7 Å². The van der Waals surface area contributed by atoms with Crippen molar-refractivity contribution >= 4 is 34.5 Å². The molecule has 0 spiro atoms. The van der Waals surface area contributed by atoms with Crippen LogP contribution in [-0.4, -0.2) is 16.0 Å². The first-order chi connectivity index (χ1) is 11.5. The summed E-state index contributed by atoms with van der Waals surface area (Å²) < 4.78 is 0. The monoisotopic (exact) mass is 358 g/mol. The van der Waals surface area contributed by atoms with Crippen molar-refractivity contribution in [3.8, 4) is 5.75 Å². The molecule has 0 unspecified atom stereocenters. The second-order valence-corrected chi connectivity index (χ2v) is 6.82. The topological polar surface area (TPSA) is 62.2 Å². The Labute approximate surface area is 148 Å². The molecule has 3 aromatic rings. The summed E-state index contributed by atoms with van der Waals surface area (Å²) in [6.07, 6.45) is 0.683. The number of nitrogens with zero attached hydrogens (tertiary/aromatic N) is 1. The van der Waals surface area contributed by atoms with Crippen LogP contribution in [0.25, 0.3) is 0 Å². The molecule has 0 aliphatic heterocycles. The summed E-state index contributed by atoms with van der Waals surface area (Å²) in [5.74, 6) is -0.332. The number of carbonyl (C=O) groups excluding carboxylic acids is 1. The van der Waals surface area contributed by atoms with Crippen molar-refractivity contribution in [2.24, 2.45) is 0 Å². The van der Waals surface area contributed by atoms with Gasteiger partial charge >= 0.3 is 0 Å². The van der Waals surface area contributed by atoms with E-state index in [2.05, 4.69) is 10.3 Å². The van der Waals surface area contributed by atoms with E-state index < -0.39 is 0 Å². The maximum Gasteiger partial charge on any atom is 0.267 e. The van der Waals surface area contributed by atoms with Gasteiger partial charge in [0.25, 0.3) is 5.91 Å². The van der Waals surface area contributed by atoms with E-state index in [9.17, 15) is 9.90 Å².